The average molecular weight is 535 g/mol. The molecular weight excluding hydrogens is 513 g/mol. The smallest absolute Gasteiger partial charge is 0.404 e. The number of benzene rings is 1. The van der Waals surface area contributed by atoms with Gasteiger partial charge in [0.05, 0.1) is 11.1 Å². The highest BCUT2D eigenvalue weighted by Crippen LogP contribution is 2.27. The van der Waals surface area contributed by atoms with Gasteiger partial charge in [0.25, 0.3) is 0 Å². The first-order valence-electron chi connectivity index (χ1n) is 11.2. The molecule has 37 heavy (non-hydrogen) atoms. The molecule has 1 aliphatic rings. The van der Waals surface area contributed by atoms with E-state index < -0.39 is 22.1 Å². The molecule has 4 aromatic rings. The second-order valence-corrected chi connectivity index (χ2v) is 10.4. The molecule has 0 spiro atoms. The first-order chi connectivity index (χ1) is 17.6. The molecule has 1 saturated heterocycles. The zero-order valence-electron chi connectivity index (χ0n) is 19.1. The van der Waals surface area contributed by atoms with E-state index >= 15 is 0 Å². The maximum absolute atomic E-state index is 13.2. The lowest BCUT2D eigenvalue weighted by Crippen LogP contribution is -2.42. The van der Waals surface area contributed by atoms with Crippen molar-refractivity contribution >= 4 is 21.5 Å². The summed E-state index contributed by atoms with van der Waals surface area (Å²) in [5.74, 6) is -0.0387. The van der Waals surface area contributed by atoms with Crippen molar-refractivity contribution in [1.29, 1.82) is 0 Å². The molecule has 4 heterocycles. The summed E-state index contributed by atoms with van der Waals surface area (Å²) in [5.41, 5.74) is 1.60. The van der Waals surface area contributed by atoms with Crippen LogP contribution in [0.2, 0.25) is 0 Å². The van der Waals surface area contributed by atoms with Crippen LogP contribution in [0.3, 0.4) is 0 Å². The monoisotopic (exact) mass is 534 g/mol. The largest absolute Gasteiger partial charge is 0.573 e. The van der Waals surface area contributed by atoms with Crippen LogP contribution >= 0.6 is 0 Å². The number of sulfonamides is 1. The third kappa shape index (κ3) is 5.44. The van der Waals surface area contributed by atoms with Crippen LogP contribution in [0.4, 0.5) is 19.0 Å². The number of ether oxygens (including phenoxy) is 1. The predicted octanol–water partition coefficient (Wildman–Crippen LogP) is 3.25. The van der Waals surface area contributed by atoms with Crippen molar-refractivity contribution < 1.29 is 26.3 Å². The lowest BCUT2D eigenvalue weighted by molar-refractivity contribution is -0.274. The number of H-pyrrole nitrogens is 1. The van der Waals surface area contributed by atoms with Gasteiger partial charge in [0.2, 0.25) is 10.0 Å². The minimum Gasteiger partial charge on any atom is -0.404 e. The summed E-state index contributed by atoms with van der Waals surface area (Å²) in [5, 5.41) is 9.38. The highest BCUT2D eigenvalue weighted by atomic mass is 32.2. The van der Waals surface area contributed by atoms with E-state index in [9.17, 15) is 26.4 Å². The van der Waals surface area contributed by atoms with E-state index in [1.165, 1.54) is 26.9 Å². The zero-order valence-corrected chi connectivity index (χ0v) is 20.0. The molecule has 0 radical (unpaired) electrons. The molecule has 5 rings (SSSR count). The van der Waals surface area contributed by atoms with Crippen LogP contribution in [0.1, 0.15) is 12.8 Å². The predicted molar refractivity (Wildman–Crippen MR) is 128 cm³/mol. The van der Waals surface area contributed by atoms with Gasteiger partial charge < -0.3 is 10.1 Å². The maximum Gasteiger partial charge on any atom is 0.573 e. The van der Waals surface area contributed by atoms with Gasteiger partial charge in [0.1, 0.15) is 11.6 Å². The molecule has 194 valence electrons. The summed E-state index contributed by atoms with van der Waals surface area (Å²) in [6.45, 7) is 0.550. The summed E-state index contributed by atoms with van der Waals surface area (Å²) in [6.07, 6.45) is -1.18. The highest BCUT2D eigenvalue weighted by Gasteiger charge is 2.32. The van der Waals surface area contributed by atoms with Gasteiger partial charge in [-0.25, -0.2) is 27.7 Å². The Balaban J connectivity index is 1.21. The molecule has 0 unspecified atom stereocenters. The molecule has 1 fully saturated rings. The van der Waals surface area contributed by atoms with Gasteiger partial charge in [-0.3, -0.25) is 0 Å². The molecular formula is C23H21F3N6O4S. The normalized spacial score (nSPS) is 15.6. The molecule has 1 aromatic carbocycles. The van der Waals surface area contributed by atoms with Crippen LogP contribution < -0.4 is 15.7 Å². The van der Waals surface area contributed by atoms with Gasteiger partial charge in [-0.1, -0.05) is 12.1 Å². The number of anilines is 1. The lowest BCUT2D eigenvalue weighted by Gasteiger charge is -2.32. The zero-order chi connectivity index (χ0) is 26.2. The van der Waals surface area contributed by atoms with Crippen molar-refractivity contribution in [3.05, 3.63) is 71.4 Å². The van der Waals surface area contributed by atoms with Crippen LogP contribution in [0.15, 0.2) is 70.6 Å². The highest BCUT2D eigenvalue weighted by molar-refractivity contribution is 7.89. The van der Waals surface area contributed by atoms with Crippen LogP contribution in [0.5, 0.6) is 5.75 Å². The van der Waals surface area contributed by atoms with Gasteiger partial charge in [-0.15, -0.1) is 13.2 Å². The van der Waals surface area contributed by atoms with Gasteiger partial charge in [-0.05, 0) is 60.4 Å². The minimum absolute atomic E-state index is 0.0862. The van der Waals surface area contributed by atoms with E-state index in [2.05, 4.69) is 25.2 Å². The summed E-state index contributed by atoms with van der Waals surface area (Å²) in [7, 11) is -3.72. The number of pyridine rings is 2. The SMILES string of the molecule is O=c1[nH]nc2ccc(-c3ccc(S(=O)(=O)N4CCC(Nc5ccc(OC(F)(F)F)cn5)CC4)cc3)cn12. The third-order valence-corrected chi connectivity index (χ3v) is 7.93. The molecule has 0 amide bonds. The van der Waals surface area contributed by atoms with E-state index in [-0.39, 0.29) is 29.7 Å². The Morgan fingerprint density at radius 2 is 1.70 bits per heavy atom. The van der Waals surface area contributed by atoms with Crippen LogP contribution in [-0.2, 0) is 10.0 Å². The fraction of sp³-hybridized carbons (Fsp3) is 0.261. The van der Waals surface area contributed by atoms with E-state index in [4.69, 9.17) is 0 Å². The summed E-state index contributed by atoms with van der Waals surface area (Å²) in [6, 6.07) is 12.4. The molecule has 0 bridgehead atoms. The van der Waals surface area contributed by atoms with Crippen molar-refractivity contribution in [2.24, 2.45) is 0 Å². The topological polar surface area (TPSA) is 122 Å². The van der Waals surface area contributed by atoms with Gasteiger partial charge in [0, 0.05) is 25.3 Å². The number of alkyl halides is 3. The Bertz CT molecular complexity index is 1560. The number of nitrogens with zero attached hydrogens (tertiary/aromatic N) is 4. The molecule has 0 saturated carbocycles. The number of aromatic amines is 1. The fourth-order valence-corrected chi connectivity index (χ4v) is 5.62. The van der Waals surface area contributed by atoms with Gasteiger partial charge >= 0.3 is 12.1 Å². The van der Waals surface area contributed by atoms with E-state index in [1.54, 1.807) is 30.5 Å². The number of piperidine rings is 1. The quantitative estimate of drug-likeness (QED) is 0.390. The molecule has 14 heteroatoms. The first kappa shape index (κ1) is 24.8. The first-order valence-corrected chi connectivity index (χ1v) is 12.7. The van der Waals surface area contributed by atoms with Gasteiger partial charge in [-0.2, -0.15) is 9.40 Å². The number of rotatable bonds is 6. The molecule has 3 aromatic heterocycles. The average Bonchev–Trinajstić information content (AvgIpc) is 3.25. The number of halogens is 3. The second kappa shape index (κ2) is 9.52. The molecule has 2 N–H and O–H groups in total. The summed E-state index contributed by atoms with van der Waals surface area (Å²) < 4.78 is 69.8. The van der Waals surface area contributed by atoms with Crippen molar-refractivity contribution in [2.45, 2.75) is 30.1 Å². The number of aromatic nitrogens is 4. The standard InChI is InChI=1S/C23H21F3N6O4S/c24-23(25,26)36-18-4-7-20(27-13-18)28-17-9-11-31(12-10-17)37(34,35)19-5-1-15(2-6-19)16-3-8-21-29-30-22(33)32(21)14-16/h1-8,13-14,17H,9-12H2,(H,27,28)(H,30,33). The Kier molecular flexibility index (Phi) is 6.37. The molecule has 10 nitrogen and oxygen atoms in total. The number of hydrogen-bond donors (Lipinski definition) is 2. The van der Waals surface area contributed by atoms with Crippen molar-refractivity contribution in [3.63, 3.8) is 0 Å². The fourth-order valence-electron chi connectivity index (χ4n) is 4.15. The van der Waals surface area contributed by atoms with E-state index in [0.29, 0.717) is 24.3 Å². The number of nitrogens with one attached hydrogen (secondary N) is 2. The van der Waals surface area contributed by atoms with Crippen LogP contribution in [0, 0.1) is 0 Å². The van der Waals surface area contributed by atoms with E-state index in [1.807, 2.05) is 0 Å². The van der Waals surface area contributed by atoms with Crippen molar-refractivity contribution in [1.82, 2.24) is 23.9 Å². The second-order valence-electron chi connectivity index (χ2n) is 8.45. The Morgan fingerprint density at radius 3 is 2.35 bits per heavy atom. The van der Waals surface area contributed by atoms with Crippen LogP contribution in [0.25, 0.3) is 16.8 Å². The lowest BCUT2D eigenvalue weighted by atomic mass is 10.1. The summed E-state index contributed by atoms with van der Waals surface area (Å²) >= 11 is 0. The number of fused-ring (bicyclic) bond motifs is 1. The minimum atomic E-state index is -4.79. The number of hydrogen-bond acceptors (Lipinski definition) is 7. The molecule has 0 atom stereocenters. The van der Waals surface area contributed by atoms with Crippen molar-refractivity contribution in [2.75, 3.05) is 18.4 Å². The van der Waals surface area contributed by atoms with Crippen molar-refractivity contribution in [3.8, 4) is 16.9 Å². The Labute approximate surface area is 208 Å². The maximum atomic E-state index is 13.2. The Hall–Kier alpha value is -3.91. The van der Waals surface area contributed by atoms with Crippen LogP contribution in [-0.4, -0.2) is 57.8 Å². The van der Waals surface area contributed by atoms with E-state index in [0.717, 1.165) is 23.4 Å². The molecule has 1 aliphatic heterocycles. The summed E-state index contributed by atoms with van der Waals surface area (Å²) in [4.78, 5) is 15.9. The molecule has 0 aliphatic carbocycles. The Morgan fingerprint density at radius 1 is 1.00 bits per heavy atom. The van der Waals surface area contributed by atoms with Gasteiger partial charge in [0.15, 0.2) is 5.65 Å². The third-order valence-electron chi connectivity index (χ3n) is 6.01.